The third kappa shape index (κ3) is 4.80. The van der Waals surface area contributed by atoms with E-state index in [1.54, 1.807) is 23.9 Å². The van der Waals surface area contributed by atoms with Gasteiger partial charge in [0.1, 0.15) is 5.37 Å². The molecule has 32 heavy (non-hydrogen) atoms. The van der Waals surface area contributed by atoms with E-state index in [4.69, 9.17) is 23.2 Å². The Morgan fingerprint density at radius 1 is 1.06 bits per heavy atom. The molecule has 4 nitrogen and oxygen atoms in total. The first kappa shape index (κ1) is 22.7. The molecule has 0 spiro atoms. The van der Waals surface area contributed by atoms with Crippen molar-refractivity contribution in [3.05, 3.63) is 93.5 Å². The van der Waals surface area contributed by atoms with Crippen LogP contribution in [0.25, 0.3) is 0 Å². The first-order valence-corrected chi connectivity index (χ1v) is 12.0. The maximum atomic E-state index is 12.7. The third-order valence-corrected chi connectivity index (χ3v) is 7.07. The predicted molar refractivity (Wildman–Crippen MR) is 134 cm³/mol. The van der Waals surface area contributed by atoms with Gasteiger partial charge in [0.25, 0.3) is 5.91 Å². The summed E-state index contributed by atoms with van der Waals surface area (Å²) in [5.41, 5.74) is 4.02. The lowest BCUT2D eigenvalue weighted by atomic mass is 10.0. The zero-order valence-corrected chi connectivity index (χ0v) is 20.0. The Balaban J connectivity index is 1.57. The summed E-state index contributed by atoms with van der Waals surface area (Å²) in [6, 6.07) is 20.5. The molecule has 0 radical (unpaired) electrons. The van der Waals surface area contributed by atoms with Gasteiger partial charge in [0.2, 0.25) is 5.91 Å². The highest BCUT2D eigenvalue weighted by molar-refractivity contribution is 8.00. The molecule has 1 N–H and O–H groups in total. The van der Waals surface area contributed by atoms with Gasteiger partial charge in [-0.25, -0.2) is 0 Å². The van der Waals surface area contributed by atoms with E-state index in [1.165, 1.54) is 11.6 Å². The molecule has 2 amide bonds. The lowest BCUT2D eigenvalue weighted by Gasteiger charge is -2.25. The molecule has 3 aromatic rings. The Morgan fingerprint density at radius 2 is 1.81 bits per heavy atom. The molecule has 1 atom stereocenters. The number of nitrogens with one attached hydrogen (secondary N) is 1. The lowest BCUT2D eigenvalue weighted by Crippen LogP contribution is -2.27. The summed E-state index contributed by atoms with van der Waals surface area (Å²) in [5.74, 6) is 0.589. The number of carbonyl (C=O) groups excluding carboxylic acids is 2. The molecule has 3 aromatic carbocycles. The number of rotatable bonds is 5. The number of amides is 2. The molecule has 7 heteroatoms. The number of nitrogens with zero attached hydrogens (tertiary/aromatic N) is 1. The minimum absolute atomic E-state index is 0.0691. The minimum atomic E-state index is -0.319. The van der Waals surface area contributed by atoms with Crippen molar-refractivity contribution in [1.82, 2.24) is 0 Å². The lowest BCUT2D eigenvalue weighted by molar-refractivity contribution is -0.115. The van der Waals surface area contributed by atoms with Crippen molar-refractivity contribution >= 4 is 58.2 Å². The topological polar surface area (TPSA) is 49.4 Å². The van der Waals surface area contributed by atoms with Crippen LogP contribution in [0.2, 0.25) is 10.0 Å². The fraction of sp³-hybridized carbons (Fsp3) is 0.200. The van der Waals surface area contributed by atoms with Crippen LogP contribution in [0.1, 0.15) is 46.6 Å². The van der Waals surface area contributed by atoms with E-state index in [0.29, 0.717) is 33.0 Å². The van der Waals surface area contributed by atoms with Crippen LogP contribution in [0.5, 0.6) is 0 Å². The van der Waals surface area contributed by atoms with Crippen LogP contribution >= 0.6 is 35.0 Å². The van der Waals surface area contributed by atoms with Crippen molar-refractivity contribution < 1.29 is 9.59 Å². The van der Waals surface area contributed by atoms with Crippen molar-refractivity contribution in [3.63, 3.8) is 0 Å². The van der Waals surface area contributed by atoms with Gasteiger partial charge in [0.15, 0.2) is 0 Å². The highest BCUT2D eigenvalue weighted by atomic mass is 35.5. The molecule has 0 aromatic heterocycles. The summed E-state index contributed by atoms with van der Waals surface area (Å²) in [4.78, 5) is 27.2. The van der Waals surface area contributed by atoms with Gasteiger partial charge in [-0.05, 0) is 59.5 Å². The Bertz CT molecular complexity index is 1160. The van der Waals surface area contributed by atoms with Gasteiger partial charge in [-0.2, -0.15) is 0 Å². The van der Waals surface area contributed by atoms with E-state index in [0.717, 1.165) is 11.3 Å². The van der Waals surface area contributed by atoms with E-state index in [1.807, 2.05) is 41.3 Å². The average Bonchev–Trinajstić information content (AvgIpc) is 3.15. The summed E-state index contributed by atoms with van der Waals surface area (Å²) in [7, 11) is 0. The number of anilines is 2. The molecule has 1 saturated heterocycles. The number of thioether (sulfide) groups is 1. The number of halogens is 2. The highest BCUT2D eigenvalue weighted by Crippen LogP contribution is 2.42. The maximum absolute atomic E-state index is 12.7. The van der Waals surface area contributed by atoms with Crippen LogP contribution in [-0.4, -0.2) is 17.6 Å². The zero-order chi connectivity index (χ0) is 22.8. The van der Waals surface area contributed by atoms with Crippen LogP contribution in [0.3, 0.4) is 0 Å². The molecule has 1 aliphatic heterocycles. The van der Waals surface area contributed by atoms with Gasteiger partial charge in [-0.3, -0.25) is 14.5 Å². The Kier molecular flexibility index (Phi) is 6.79. The first-order chi connectivity index (χ1) is 15.3. The van der Waals surface area contributed by atoms with Crippen LogP contribution in [-0.2, 0) is 4.79 Å². The maximum Gasteiger partial charge on any atom is 0.257 e. The second kappa shape index (κ2) is 9.57. The molecule has 0 aliphatic carbocycles. The molecular formula is C25H22Cl2N2O2S. The normalized spacial score (nSPS) is 16.0. The molecule has 4 rings (SSSR count). The number of carbonyl (C=O) groups is 2. The Labute approximate surface area is 201 Å². The fourth-order valence-electron chi connectivity index (χ4n) is 3.61. The quantitative estimate of drug-likeness (QED) is 0.418. The number of hydrogen-bond donors (Lipinski definition) is 1. The molecule has 0 saturated carbocycles. The smallest absolute Gasteiger partial charge is 0.257 e. The van der Waals surface area contributed by atoms with E-state index in [9.17, 15) is 9.59 Å². The fourth-order valence-corrected chi connectivity index (χ4v) is 5.27. The highest BCUT2D eigenvalue weighted by Gasteiger charge is 2.34. The van der Waals surface area contributed by atoms with Crippen LogP contribution in [0.4, 0.5) is 11.4 Å². The molecule has 1 aliphatic rings. The average molecular weight is 485 g/mol. The monoisotopic (exact) mass is 484 g/mol. The number of benzene rings is 3. The van der Waals surface area contributed by atoms with Gasteiger partial charge in [-0.15, -0.1) is 11.8 Å². The first-order valence-electron chi connectivity index (χ1n) is 10.2. The van der Waals surface area contributed by atoms with Crippen molar-refractivity contribution in [3.8, 4) is 0 Å². The van der Waals surface area contributed by atoms with Crippen LogP contribution < -0.4 is 10.2 Å². The third-order valence-electron chi connectivity index (χ3n) is 5.31. The Hall–Kier alpha value is -2.47. The minimum Gasteiger partial charge on any atom is -0.322 e. The zero-order valence-electron chi connectivity index (χ0n) is 17.6. The SMILES string of the molecule is CC(C)c1ccc(N2C(=O)CS[C@@H]2c2cccc(NC(=O)c3ccc(Cl)cc3Cl)c2)cc1. The summed E-state index contributed by atoms with van der Waals surface area (Å²) >= 11 is 13.7. The van der Waals surface area contributed by atoms with Gasteiger partial charge in [0.05, 0.1) is 16.3 Å². The standard InChI is InChI=1S/C25H22Cl2N2O2S/c1-15(2)16-6-9-20(10-7-16)29-23(30)14-32-25(29)17-4-3-5-19(12-17)28-24(31)21-11-8-18(26)13-22(21)27/h3-13,15,25H,14H2,1-2H3,(H,28,31)/t25-/m1/s1. The molecule has 1 fully saturated rings. The second-order valence-electron chi connectivity index (χ2n) is 7.88. The van der Waals surface area contributed by atoms with Crippen molar-refractivity contribution in [1.29, 1.82) is 0 Å². The predicted octanol–water partition coefficient (Wildman–Crippen LogP) is 7.15. The van der Waals surface area contributed by atoms with Gasteiger partial charge in [-0.1, -0.05) is 61.3 Å². The Morgan fingerprint density at radius 3 is 2.50 bits per heavy atom. The molecule has 164 valence electrons. The summed E-state index contributed by atoms with van der Waals surface area (Å²) in [6.45, 7) is 4.29. The summed E-state index contributed by atoms with van der Waals surface area (Å²) < 4.78 is 0. The molecule has 0 unspecified atom stereocenters. The summed E-state index contributed by atoms with van der Waals surface area (Å²) in [5, 5.41) is 3.49. The molecule has 1 heterocycles. The molecule has 0 bridgehead atoms. The van der Waals surface area contributed by atoms with Gasteiger partial charge < -0.3 is 5.32 Å². The van der Waals surface area contributed by atoms with Crippen LogP contribution in [0.15, 0.2) is 66.7 Å². The van der Waals surface area contributed by atoms with E-state index >= 15 is 0 Å². The van der Waals surface area contributed by atoms with Crippen molar-refractivity contribution in [2.24, 2.45) is 0 Å². The van der Waals surface area contributed by atoms with E-state index in [2.05, 4.69) is 31.3 Å². The number of hydrogen-bond acceptors (Lipinski definition) is 3. The van der Waals surface area contributed by atoms with E-state index < -0.39 is 0 Å². The van der Waals surface area contributed by atoms with E-state index in [-0.39, 0.29) is 17.2 Å². The second-order valence-corrected chi connectivity index (χ2v) is 9.79. The summed E-state index contributed by atoms with van der Waals surface area (Å²) in [6.07, 6.45) is 0. The van der Waals surface area contributed by atoms with Gasteiger partial charge in [0, 0.05) is 16.4 Å². The molecular weight excluding hydrogens is 463 g/mol. The van der Waals surface area contributed by atoms with Crippen LogP contribution in [0, 0.1) is 0 Å². The van der Waals surface area contributed by atoms with Crippen molar-refractivity contribution in [2.45, 2.75) is 25.1 Å². The largest absolute Gasteiger partial charge is 0.322 e. The van der Waals surface area contributed by atoms with Gasteiger partial charge >= 0.3 is 0 Å². The van der Waals surface area contributed by atoms with Crippen molar-refractivity contribution in [2.75, 3.05) is 16.0 Å².